The third-order valence-electron chi connectivity index (χ3n) is 12.5. The number of aliphatic hydroxyl groups excluding tert-OH is 1. The highest BCUT2D eigenvalue weighted by molar-refractivity contribution is 7.92. The van der Waals surface area contributed by atoms with Gasteiger partial charge in [0.1, 0.15) is 17.1 Å². The number of hydrogen-bond donors (Lipinski definition) is 5. The van der Waals surface area contributed by atoms with Crippen molar-refractivity contribution >= 4 is 68.0 Å². The molecular weight excluding hydrogens is 970 g/mol. The molecule has 2 fully saturated rings. The summed E-state index contributed by atoms with van der Waals surface area (Å²) in [6.45, 7) is 17.1. The summed E-state index contributed by atoms with van der Waals surface area (Å²) in [6, 6.07) is 12.5. The molecule has 2 aliphatic rings. The molecule has 0 aliphatic carbocycles. The smallest absolute Gasteiger partial charge is 0.246 e. The molecule has 2 saturated heterocycles. The lowest BCUT2D eigenvalue weighted by atomic mass is 9.85. The number of sulfone groups is 1. The van der Waals surface area contributed by atoms with E-state index in [-0.39, 0.29) is 66.4 Å². The maximum absolute atomic E-state index is 14.1. The second kappa shape index (κ2) is 25.7. The van der Waals surface area contributed by atoms with Crippen molar-refractivity contribution in [2.75, 3.05) is 76.5 Å². The molecule has 5 atom stereocenters. The zero-order chi connectivity index (χ0) is 51.3. The summed E-state index contributed by atoms with van der Waals surface area (Å²) in [5, 5.41) is 22.7. The average molecular weight is 1040 g/mol. The van der Waals surface area contributed by atoms with Gasteiger partial charge in [-0.25, -0.2) is 18.4 Å². The minimum absolute atomic E-state index is 0.0139. The Labute approximate surface area is 426 Å². The van der Waals surface area contributed by atoms with Gasteiger partial charge in [-0.05, 0) is 75.8 Å². The number of carbonyl (C=O) groups excluding carboxylic acids is 3. The van der Waals surface area contributed by atoms with Gasteiger partial charge in [-0.1, -0.05) is 68.8 Å². The van der Waals surface area contributed by atoms with E-state index in [2.05, 4.69) is 41.1 Å². The maximum atomic E-state index is 14.1. The third kappa shape index (κ3) is 15.6. The molecule has 4 aromatic rings. The van der Waals surface area contributed by atoms with Crippen LogP contribution in [0.2, 0.25) is 5.02 Å². The molecular formula is C50H70ClN9O9S2. The van der Waals surface area contributed by atoms with E-state index in [1.807, 2.05) is 64.4 Å². The highest BCUT2D eigenvalue weighted by Gasteiger charge is 2.44. The predicted octanol–water partition coefficient (Wildman–Crippen LogP) is 6.17. The van der Waals surface area contributed by atoms with Gasteiger partial charge >= 0.3 is 0 Å². The lowest BCUT2D eigenvalue weighted by Crippen LogP contribution is -2.58. The number of likely N-dealkylation sites (tertiary alicyclic amines) is 2. The van der Waals surface area contributed by atoms with Crippen LogP contribution in [-0.4, -0.2) is 151 Å². The molecule has 0 spiro atoms. The van der Waals surface area contributed by atoms with E-state index >= 15 is 0 Å². The fraction of sp³-hybridized carbons (Fsp3) is 0.560. The van der Waals surface area contributed by atoms with Crippen LogP contribution in [0.1, 0.15) is 84.5 Å². The number of ether oxygens (including phenoxy) is 3. The predicted molar refractivity (Wildman–Crippen MR) is 276 cm³/mol. The van der Waals surface area contributed by atoms with Gasteiger partial charge in [0, 0.05) is 38.5 Å². The average Bonchev–Trinajstić information content (AvgIpc) is 3.95. The molecule has 0 radical (unpaired) electrons. The second-order valence-corrected chi connectivity index (χ2v) is 23.1. The molecule has 18 nitrogen and oxygen atoms in total. The Morgan fingerprint density at radius 3 is 2.30 bits per heavy atom. The molecule has 388 valence electrons. The van der Waals surface area contributed by atoms with Crippen LogP contribution in [0.15, 0.2) is 65.1 Å². The molecule has 6 rings (SSSR count). The van der Waals surface area contributed by atoms with Crippen LogP contribution in [0.5, 0.6) is 0 Å². The van der Waals surface area contributed by atoms with Gasteiger partial charge in [0.15, 0.2) is 15.7 Å². The van der Waals surface area contributed by atoms with Crippen molar-refractivity contribution in [1.82, 2.24) is 35.4 Å². The number of amides is 3. The molecule has 3 amide bonds. The van der Waals surface area contributed by atoms with Crippen molar-refractivity contribution < 1.29 is 42.1 Å². The van der Waals surface area contributed by atoms with Crippen LogP contribution >= 0.6 is 22.9 Å². The highest BCUT2D eigenvalue weighted by Crippen LogP contribution is 2.32. The van der Waals surface area contributed by atoms with Crippen LogP contribution in [0.4, 0.5) is 17.5 Å². The summed E-state index contributed by atoms with van der Waals surface area (Å²) in [5.41, 5.74) is 4.43. The SMILES string of the molecule is Cc1ncsc1-c1ccc(C(C)NC(=O)[C@@H]2C[C@@H](O)CN2C(=O)C(NC(=O)CCOCCOCCOCCN2CCC[C@@H](Nc3ncc(Cl)c(Nc4ccccc4S(=O)(=O)C(C)C)n3)C2)C(C)(C)C)cc1. The van der Waals surface area contributed by atoms with E-state index in [0.717, 1.165) is 54.2 Å². The third-order valence-corrected chi connectivity index (χ3v) is 15.9. The minimum atomic E-state index is -3.55. The summed E-state index contributed by atoms with van der Waals surface area (Å²) in [5.74, 6) is -0.467. The Morgan fingerprint density at radius 1 is 0.930 bits per heavy atom. The van der Waals surface area contributed by atoms with E-state index < -0.39 is 44.6 Å². The van der Waals surface area contributed by atoms with Gasteiger partial charge in [-0.3, -0.25) is 19.3 Å². The molecule has 2 unspecified atom stereocenters. The number of aromatic nitrogens is 3. The van der Waals surface area contributed by atoms with Gasteiger partial charge < -0.3 is 45.5 Å². The van der Waals surface area contributed by atoms with Crippen molar-refractivity contribution in [3.05, 3.63) is 76.5 Å². The Balaban J connectivity index is 0.846. The number of benzene rings is 2. The number of rotatable bonds is 24. The first-order valence-corrected chi connectivity index (χ1v) is 27.1. The van der Waals surface area contributed by atoms with Crippen LogP contribution < -0.4 is 21.3 Å². The zero-order valence-electron chi connectivity index (χ0n) is 41.8. The zero-order valence-corrected chi connectivity index (χ0v) is 44.2. The molecule has 2 aliphatic heterocycles. The first kappa shape index (κ1) is 55.5. The van der Waals surface area contributed by atoms with Crippen LogP contribution in [0.3, 0.4) is 0 Å². The van der Waals surface area contributed by atoms with Crippen LogP contribution in [0, 0.1) is 12.3 Å². The summed E-state index contributed by atoms with van der Waals surface area (Å²) in [4.78, 5) is 59.1. The van der Waals surface area contributed by atoms with Crippen molar-refractivity contribution in [3.63, 3.8) is 0 Å². The lowest BCUT2D eigenvalue weighted by molar-refractivity contribution is -0.144. The number of nitrogens with zero attached hydrogens (tertiary/aromatic N) is 5. The van der Waals surface area contributed by atoms with E-state index in [4.69, 9.17) is 25.8 Å². The standard InChI is InChI=1S/C50H70ClN9O9S2/c1-32(2)71(65,66)42-13-9-8-12-40(42)56-46-39(51)28-52-49(58-46)55-37-11-10-19-59(29-37)20-22-68-24-26-69-25-23-67-21-18-43(62)57-45(50(5,6)7)48(64)60-30-38(61)27-41(60)47(63)54-33(3)35-14-16-36(17-15-35)44-34(4)53-31-70-44/h8-9,12-17,28,31-33,37-38,41,45,61H,10-11,18-27,29-30H2,1-7H3,(H,54,63)(H,57,62)(H2,52,55,56,58)/t33?,37-,38-,41+,45?/m1/s1. The lowest BCUT2D eigenvalue weighted by Gasteiger charge is -2.35. The first-order valence-electron chi connectivity index (χ1n) is 24.2. The van der Waals surface area contributed by atoms with E-state index in [9.17, 15) is 27.9 Å². The Hall–Kier alpha value is -4.80. The van der Waals surface area contributed by atoms with Gasteiger partial charge in [0.2, 0.25) is 23.7 Å². The molecule has 0 saturated carbocycles. The largest absolute Gasteiger partial charge is 0.391 e. The van der Waals surface area contributed by atoms with Crippen LogP contribution in [0.25, 0.3) is 10.4 Å². The summed E-state index contributed by atoms with van der Waals surface area (Å²) < 4.78 is 43.1. The fourth-order valence-corrected chi connectivity index (χ4v) is 10.6. The number of para-hydroxylation sites is 1. The first-order chi connectivity index (χ1) is 33.8. The fourth-order valence-electron chi connectivity index (χ4n) is 8.43. The Kier molecular flexibility index (Phi) is 20.1. The number of anilines is 3. The van der Waals surface area contributed by atoms with Crippen molar-refractivity contribution in [1.29, 1.82) is 0 Å². The Bertz CT molecular complexity index is 2510. The number of aliphatic hydroxyl groups is 1. The number of thiazole rings is 1. The number of hydrogen-bond acceptors (Lipinski definition) is 16. The van der Waals surface area contributed by atoms with Crippen LogP contribution in [-0.2, 0) is 38.4 Å². The van der Waals surface area contributed by atoms with Gasteiger partial charge in [0.25, 0.3) is 0 Å². The molecule has 71 heavy (non-hydrogen) atoms. The van der Waals surface area contributed by atoms with Crippen molar-refractivity contribution in [2.24, 2.45) is 5.41 Å². The number of carbonyl (C=O) groups is 3. The van der Waals surface area contributed by atoms with Gasteiger partial charge in [0.05, 0.1) is 89.9 Å². The molecule has 4 heterocycles. The summed E-state index contributed by atoms with van der Waals surface area (Å²) in [6.07, 6.45) is 2.64. The molecule has 5 N–H and O–H groups in total. The van der Waals surface area contributed by atoms with E-state index in [0.29, 0.717) is 43.9 Å². The monoisotopic (exact) mass is 1040 g/mol. The molecule has 0 bridgehead atoms. The van der Waals surface area contributed by atoms with Crippen molar-refractivity contribution in [2.45, 2.75) is 115 Å². The quantitative estimate of drug-likeness (QED) is 0.0495. The second-order valence-electron chi connectivity index (χ2n) is 19.4. The number of aryl methyl sites for hydroxylation is 1. The minimum Gasteiger partial charge on any atom is -0.391 e. The number of piperidine rings is 1. The topological polar surface area (TPSA) is 227 Å². The van der Waals surface area contributed by atoms with Gasteiger partial charge in [-0.2, -0.15) is 4.98 Å². The van der Waals surface area contributed by atoms with Crippen molar-refractivity contribution in [3.8, 4) is 10.4 Å². The summed E-state index contributed by atoms with van der Waals surface area (Å²) >= 11 is 8.01. The Morgan fingerprint density at radius 2 is 1.62 bits per heavy atom. The number of nitrogens with one attached hydrogen (secondary N) is 4. The maximum Gasteiger partial charge on any atom is 0.246 e. The molecule has 2 aromatic heterocycles. The van der Waals surface area contributed by atoms with E-state index in [1.54, 1.807) is 49.4 Å². The molecule has 2 aromatic carbocycles. The highest BCUT2D eigenvalue weighted by atomic mass is 35.5. The number of halogens is 1. The van der Waals surface area contributed by atoms with Gasteiger partial charge in [-0.15, -0.1) is 11.3 Å². The van der Waals surface area contributed by atoms with E-state index in [1.165, 1.54) is 11.1 Å². The number of β-amino-alcohol motifs (C(OH)–C–C–N with tert-alkyl or cyclic N) is 1. The summed E-state index contributed by atoms with van der Waals surface area (Å²) in [7, 11) is -3.55. The molecule has 21 heteroatoms. The normalized spacial score (nSPS) is 18.6.